The highest BCUT2D eigenvalue weighted by Gasteiger charge is 2.18. The van der Waals surface area contributed by atoms with Gasteiger partial charge < -0.3 is 14.5 Å². The van der Waals surface area contributed by atoms with Crippen molar-refractivity contribution in [3.8, 4) is 5.75 Å². The van der Waals surface area contributed by atoms with Gasteiger partial charge in [0.05, 0.1) is 0 Å². The summed E-state index contributed by atoms with van der Waals surface area (Å²) >= 11 is 0. The number of rotatable bonds is 5. The number of carbonyl (C=O) groups excluding carboxylic acids is 1. The van der Waals surface area contributed by atoms with Gasteiger partial charge in [-0.2, -0.15) is 0 Å². The van der Waals surface area contributed by atoms with Crippen molar-refractivity contribution in [3.63, 3.8) is 0 Å². The third-order valence-corrected chi connectivity index (χ3v) is 5.53. The van der Waals surface area contributed by atoms with Crippen LogP contribution in [0.25, 0.3) is 0 Å². The summed E-state index contributed by atoms with van der Waals surface area (Å²) in [4.78, 5) is 12.4. The number of benzene rings is 1. The van der Waals surface area contributed by atoms with Crippen LogP contribution in [0.15, 0.2) is 34.7 Å². The maximum Gasteiger partial charge on any atom is 0.287 e. The quantitative estimate of drug-likeness (QED) is 0.786. The van der Waals surface area contributed by atoms with E-state index in [1.54, 1.807) is 6.07 Å². The fraction of sp³-hybridized carbons (Fsp3) is 0.500. The van der Waals surface area contributed by atoms with Crippen molar-refractivity contribution in [2.45, 2.75) is 70.4 Å². The van der Waals surface area contributed by atoms with Gasteiger partial charge in [-0.1, -0.05) is 31.7 Å². The SMILES string of the molecule is O=C(NC1CCCCCC1)c1ccc(COc2ccc3c(c2)CCC3)o1. The predicted molar refractivity (Wildman–Crippen MR) is 100 cm³/mol. The fourth-order valence-corrected chi connectivity index (χ4v) is 4.05. The lowest BCUT2D eigenvalue weighted by Gasteiger charge is -2.15. The molecule has 0 radical (unpaired) electrons. The van der Waals surface area contributed by atoms with Crippen LogP contribution in [0, 0.1) is 0 Å². The highest BCUT2D eigenvalue weighted by molar-refractivity contribution is 5.91. The van der Waals surface area contributed by atoms with E-state index in [-0.39, 0.29) is 11.9 Å². The van der Waals surface area contributed by atoms with Crippen LogP contribution < -0.4 is 10.1 Å². The highest BCUT2D eigenvalue weighted by Crippen LogP contribution is 2.26. The molecule has 0 spiro atoms. The molecule has 2 aliphatic rings. The Morgan fingerprint density at radius 3 is 2.65 bits per heavy atom. The molecule has 0 saturated heterocycles. The van der Waals surface area contributed by atoms with Crippen LogP contribution in [0.1, 0.15) is 72.4 Å². The summed E-state index contributed by atoms with van der Waals surface area (Å²) in [6, 6.07) is 10.2. The Morgan fingerprint density at radius 1 is 1.00 bits per heavy atom. The van der Waals surface area contributed by atoms with Gasteiger partial charge in [-0.3, -0.25) is 4.79 Å². The maximum atomic E-state index is 12.4. The summed E-state index contributed by atoms with van der Waals surface area (Å²) in [5.74, 6) is 1.81. The lowest BCUT2D eigenvalue weighted by molar-refractivity contribution is 0.0901. The zero-order valence-corrected chi connectivity index (χ0v) is 15.3. The van der Waals surface area contributed by atoms with Gasteiger partial charge in [-0.05, 0) is 67.5 Å². The summed E-state index contributed by atoms with van der Waals surface area (Å²) < 4.78 is 11.5. The number of aryl methyl sites for hydroxylation is 2. The first-order chi connectivity index (χ1) is 12.8. The Balaban J connectivity index is 1.31. The summed E-state index contributed by atoms with van der Waals surface area (Å²) in [5, 5.41) is 3.12. The fourth-order valence-electron chi connectivity index (χ4n) is 4.05. The standard InChI is InChI=1S/C22H27NO3/c24-22(23-18-8-3-1-2-4-9-18)21-13-12-20(26-21)15-25-19-11-10-16-6-5-7-17(16)14-19/h10-14,18H,1-9,15H2,(H,23,24). The second-order valence-corrected chi connectivity index (χ2v) is 7.50. The van der Waals surface area contributed by atoms with Crippen molar-refractivity contribution in [2.75, 3.05) is 0 Å². The van der Waals surface area contributed by atoms with Crippen LogP contribution in [-0.4, -0.2) is 11.9 Å². The Bertz CT molecular complexity index is 756. The second kappa shape index (κ2) is 7.98. The molecule has 4 nitrogen and oxygen atoms in total. The van der Waals surface area contributed by atoms with Crippen molar-refractivity contribution in [1.29, 1.82) is 0 Å². The van der Waals surface area contributed by atoms with E-state index in [0.29, 0.717) is 18.1 Å². The largest absolute Gasteiger partial charge is 0.486 e. The molecular formula is C22H27NO3. The number of hydrogen-bond acceptors (Lipinski definition) is 3. The molecule has 4 rings (SSSR count). The van der Waals surface area contributed by atoms with Crippen LogP contribution in [0.4, 0.5) is 0 Å². The summed E-state index contributed by atoms with van der Waals surface area (Å²) in [5.41, 5.74) is 2.83. The lowest BCUT2D eigenvalue weighted by atomic mass is 10.1. The third kappa shape index (κ3) is 4.12. The van der Waals surface area contributed by atoms with E-state index in [4.69, 9.17) is 9.15 Å². The van der Waals surface area contributed by atoms with E-state index in [1.165, 1.54) is 49.7 Å². The molecule has 2 aliphatic carbocycles. The van der Waals surface area contributed by atoms with Crippen LogP contribution in [-0.2, 0) is 19.4 Å². The van der Waals surface area contributed by atoms with Gasteiger partial charge in [-0.15, -0.1) is 0 Å². The molecule has 4 heteroatoms. The topological polar surface area (TPSA) is 51.5 Å². The minimum absolute atomic E-state index is 0.110. The summed E-state index contributed by atoms with van der Waals surface area (Å²) in [6.45, 7) is 0.343. The van der Waals surface area contributed by atoms with Gasteiger partial charge in [0.2, 0.25) is 0 Å². The molecule has 26 heavy (non-hydrogen) atoms. The van der Waals surface area contributed by atoms with E-state index in [2.05, 4.69) is 17.4 Å². The number of furan rings is 1. The molecule has 1 N–H and O–H groups in total. The molecule has 0 atom stereocenters. The summed E-state index contributed by atoms with van der Waals surface area (Å²) in [6.07, 6.45) is 10.6. The molecule has 1 amide bonds. The van der Waals surface area contributed by atoms with Crippen LogP contribution in [0.3, 0.4) is 0 Å². The first-order valence-corrected chi connectivity index (χ1v) is 9.92. The van der Waals surface area contributed by atoms with E-state index < -0.39 is 0 Å². The van der Waals surface area contributed by atoms with Gasteiger partial charge in [0.25, 0.3) is 5.91 Å². The second-order valence-electron chi connectivity index (χ2n) is 7.50. The number of ether oxygens (including phenoxy) is 1. The number of nitrogens with one attached hydrogen (secondary N) is 1. The number of fused-ring (bicyclic) bond motifs is 1. The molecule has 0 unspecified atom stereocenters. The number of amides is 1. The Kier molecular flexibility index (Phi) is 5.28. The van der Waals surface area contributed by atoms with Gasteiger partial charge in [0.1, 0.15) is 18.1 Å². The molecule has 0 bridgehead atoms. The first-order valence-electron chi connectivity index (χ1n) is 9.92. The van der Waals surface area contributed by atoms with Crippen LogP contribution >= 0.6 is 0 Å². The van der Waals surface area contributed by atoms with Crippen molar-refractivity contribution in [2.24, 2.45) is 0 Å². The van der Waals surface area contributed by atoms with Crippen LogP contribution in [0.5, 0.6) is 5.75 Å². The summed E-state index contributed by atoms with van der Waals surface area (Å²) in [7, 11) is 0. The predicted octanol–water partition coefficient (Wildman–Crippen LogP) is 4.80. The van der Waals surface area contributed by atoms with Crippen LogP contribution in [0.2, 0.25) is 0 Å². The molecule has 0 aliphatic heterocycles. The van der Waals surface area contributed by atoms with Gasteiger partial charge in [-0.25, -0.2) is 0 Å². The van der Waals surface area contributed by atoms with Gasteiger partial charge in [0, 0.05) is 6.04 Å². The van der Waals surface area contributed by atoms with E-state index in [0.717, 1.165) is 25.0 Å². The molecule has 1 heterocycles. The Labute approximate surface area is 154 Å². The van der Waals surface area contributed by atoms with E-state index in [9.17, 15) is 4.79 Å². The normalized spacial score (nSPS) is 17.5. The molecular weight excluding hydrogens is 326 g/mol. The zero-order valence-electron chi connectivity index (χ0n) is 15.3. The van der Waals surface area contributed by atoms with Crippen molar-refractivity contribution in [3.05, 3.63) is 53.0 Å². The highest BCUT2D eigenvalue weighted by atomic mass is 16.5. The van der Waals surface area contributed by atoms with Gasteiger partial charge in [0.15, 0.2) is 5.76 Å². The molecule has 1 aromatic heterocycles. The Hall–Kier alpha value is -2.23. The van der Waals surface area contributed by atoms with Gasteiger partial charge >= 0.3 is 0 Å². The molecule has 1 aromatic carbocycles. The number of carbonyl (C=O) groups is 1. The molecule has 1 fully saturated rings. The molecule has 2 aromatic rings. The Morgan fingerprint density at radius 2 is 1.81 bits per heavy atom. The molecule has 1 saturated carbocycles. The minimum atomic E-state index is -0.110. The van der Waals surface area contributed by atoms with Crippen molar-refractivity contribution >= 4 is 5.91 Å². The average molecular weight is 353 g/mol. The monoisotopic (exact) mass is 353 g/mol. The van der Waals surface area contributed by atoms with E-state index in [1.807, 2.05) is 12.1 Å². The lowest BCUT2D eigenvalue weighted by Crippen LogP contribution is -2.34. The molecule has 138 valence electrons. The van der Waals surface area contributed by atoms with Crippen molar-refractivity contribution in [1.82, 2.24) is 5.32 Å². The average Bonchev–Trinajstić information content (AvgIpc) is 3.24. The van der Waals surface area contributed by atoms with Crippen molar-refractivity contribution < 1.29 is 13.9 Å². The van der Waals surface area contributed by atoms with E-state index >= 15 is 0 Å². The minimum Gasteiger partial charge on any atom is -0.486 e. The maximum absolute atomic E-state index is 12.4. The number of hydrogen-bond donors (Lipinski definition) is 1. The smallest absolute Gasteiger partial charge is 0.287 e. The first kappa shape index (κ1) is 17.2. The zero-order chi connectivity index (χ0) is 17.8. The third-order valence-electron chi connectivity index (χ3n) is 5.53.